The number of rotatable bonds is 5. The van der Waals surface area contributed by atoms with Crippen molar-refractivity contribution in [3.05, 3.63) is 0 Å². The molecule has 5 nitrogen and oxygen atoms in total. The first kappa shape index (κ1) is 20.3. The third-order valence-electron chi connectivity index (χ3n) is 4.23. The molecule has 3 N–H and O–H groups in total. The standard InChI is InChI=1S/C15H29N3O2S.HI/c1-3-16-13(17-11-14(2)5-4-10-21-14)18-12-15(19)6-8-20-9-7-15;/h19H,3-12H2,1-2H3,(H2,16,17,18);1H. The highest BCUT2D eigenvalue weighted by Crippen LogP contribution is 2.36. The molecule has 2 aliphatic rings. The van der Waals surface area contributed by atoms with Gasteiger partial charge in [0.1, 0.15) is 0 Å². The van der Waals surface area contributed by atoms with Crippen molar-refractivity contribution in [2.75, 3.05) is 38.6 Å². The van der Waals surface area contributed by atoms with Crippen molar-refractivity contribution < 1.29 is 9.84 Å². The first-order chi connectivity index (χ1) is 10.1. The number of halogens is 1. The molecular formula is C15H30IN3O2S. The van der Waals surface area contributed by atoms with Crippen LogP contribution >= 0.6 is 35.7 Å². The molecule has 2 aliphatic heterocycles. The van der Waals surface area contributed by atoms with Gasteiger partial charge in [0.25, 0.3) is 0 Å². The normalized spacial score (nSPS) is 28.0. The molecule has 0 aromatic carbocycles. The summed E-state index contributed by atoms with van der Waals surface area (Å²) in [5.74, 6) is 2.07. The number of aliphatic hydroxyl groups is 1. The van der Waals surface area contributed by atoms with Gasteiger partial charge in [-0.25, -0.2) is 0 Å². The Hall–Kier alpha value is 0.270. The van der Waals surface area contributed by atoms with E-state index in [1.165, 1.54) is 18.6 Å². The van der Waals surface area contributed by atoms with Crippen LogP contribution in [0.5, 0.6) is 0 Å². The fourth-order valence-electron chi connectivity index (χ4n) is 2.72. The molecule has 1 unspecified atom stereocenters. The summed E-state index contributed by atoms with van der Waals surface area (Å²) < 4.78 is 5.62. The van der Waals surface area contributed by atoms with Crippen LogP contribution in [0.4, 0.5) is 0 Å². The molecule has 0 aromatic rings. The van der Waals surface area contributed by atoms with Gasteiger partial charge in [-0.3, -0.25) is 4.99 Å². The summed E-state index contributed by atoms with van der Waals surface area (Å²) in [4.78, 5) is 4.58. The van der Waals surface area contributed by atoms with E-state index in [0.717, 1.165) is 19.0 Å². The second-order valence-electron chi connectivity index (χ2n) is 6.29. The molecule has 0 saturated carbocycles. The lowest BCUT2D eigenvalue weighted by atomic mass is 9.95. The maximum absolute atomic E-state index is 10.5. The third kappa shape index (κ3) is 6.41. The summed E-state index contributed by atoms with van der Waals surface area (Å²) >= 11 is 2.04. The summed E-state index contributed by atoms with van der Waals surface area (Å²) in [6, 6.07) is 0. The highest BCUT2D eigenvalue weighted by atomic mass is 127. The van der Waals surface area contributed by atoms with Crippen molar-refractivity contribution in [2.45, 2.75) is 49.9 Å². The van der Waals surface area contributed by atoms with E-state index in [2.05, 4.69) is 29.5 Å². The number of aliphatic imine (C=N–C) groups is 1. The zero-order valence-corrected chi connectivity index (χ0v) is 16.8. The van der Waals surface area contributed by atoms with Crippen LogP contribution in [0.25, 0.3) is 0 Å². The summed E-state index contributed by atoms with van der Waals surface area (Å²) in [5, 5.41) is 17.2. The Kier molecular flexibility index (Phi) is 8.81. The number of nitrogens with one attached hydrogen (secondary N) is 2. The average Bonchev–Trinajstić information content (AvgIpc) is 2.90. The second kappa shape index (κ2) is 9.54. The minimum atomic E-state index is -0.702. The molecule has 130 valence electrons. The first-order valence-corrected chi connectivity index (χ1v) is 9.00. The number of hydrogen-bond acceptors (Lipinski definition) is 4. The molecule has 0 aromatic heterocycles. The monoisotopic (exact) mass is 443 g/mol. The topological polar surface area (TPSA) is 65.9 Å². The number of hydrogen-bond donors (Lipinski definition) is 3. The highest BCUT2D eigenvalue weighted by molar-refractivity contribution is 14.0. The Morgan fingerprint density at radius 1 is 1.27 bits per heavy atom. The Morgan fingerprint density at radius 3 is 2.59 bits per heavy atom. The molecule has 22 heavy (non-hydrogen) atoms. The van der Waals surface area contributed by atoms with Crippen LogP contribution in [-0.4, -0.2) is 60.0 Å². The predicted molar refractivity (Wildman–Crippen MR) is 104 cm³/mol. The molecule has 0 aliphatic carbocycles. The molecule has 0 spiro atoms. The van der Waals surface area contributed by atoms with E-state index in [1.807, 2.05) is 11.8 Å². The molecule has 2 rings (SSSR count). The number of thioether (sulfide) groups is 1. The molecule has 7 heteroatoms. The van der Waals surface area contributed by atoms with Gasteiger partial charge in [0.2, 0.25) is 0 Å². The van der Waals surface area contributed by atoms with Gasteiger partial charge in [-0.05, 0) is 32.4 Å². The minimum absolute atomic E-state index is 0. The van der Waals surface area contributed by atoms with Crippen LogP contribution in [0.15, 0.2) is 4.99 Å². The maximum Gasteiger partial charge on any atom is 0.191 e. The van der Waals surface area contributed by atoms with Crippen LogP contribution in [0.1, 0.15) is 39.5 Å². The fourth-order valence-corrected chi connectivity index (χ4v) is 3.97. The van der Waals surface area contributed by atoms with Crippen molar-refractivity contribution in [2.24, 2.45) is 4.99 Å². The van der Waals surface area contributed by atoms with Crippen molar-refractivity contribution in [1.29, 1.82) is 0 Å². The van der Waals surface area contributed by atoms with E-state index in [1.54, 1.807) is 0 Å². The molecule has 1 atom stereocenters. The van der Waals surface area contributed by atoms with Crippen LogP contribution in [0, 0.1) is 0 Å². The van der Waals surface area contributed by atoms with Gasteiger partial charge in [0.05, 0.1) is 12.1 Å². The predicted octanol–water partition coefficient (Wildman–Crippen LogP) is 1.99. The molecule has 2 fully saturated rings. The largest absolute Gasteiger partial charge is 0.388 e. The Balaban J connectivity index is 0.00000242. The van der Waals surface area contributed by atoms with Crippen molar-refractivity contribution >= 4 is 41.7 Å². The number of nitrogens with zero attached hydrogens (tertiary/aromatic N) is 1. The summed E-state index contributed by atoms with van der Waals surface area (Å²) in [5.41, 5.74) is -0.702. The SMILES string of the molecule is CCNC(=NCC1(O)CCOCC1)NCC1(C)CCCS1.I. The zero-order valence-electron chi connectivity index (χ0n) is 13.7. The first-order valence-electron chi connectivity index (χ1n) is 8.02. The third-order valence-corrected chi connectivity index (χ3v) is 5.77. The van der Waals surface area contributed by atoms with E-state index in [4.69, 9.17) is 4.74 Å². The number of guanidine groups is 1. The minimum Gasteiger partial charge on any atom is -0.388 e. The molecule has 0 radical (unpaired) electrons. The Morgan fingerprint density at radius 2 is 2.00 bits per heavy atom. The van der Waals surface area contributed by atoms with Crippen LogP contribution in [0.2, 0.25) is 0 Å². The van der Waals surface area contributed by atoms with Crippen molar-refractivity contribution in [3.63, 3.8) is 0 Å². The number of ether oxygens (including phenoxy) is 1. The van der Waals surface area contributed by atoms with E-state index in [0.29, 0.717) is 37.3 Å². The molecular weight excluding hydrogens is 413 g/mol. The van der Waals surface area contributed by atoms with E-state index < -0.39 is 5.60 Å². The summed E-state index contributed by atoms with van der Waals surface area (Å²) in [6.45, 7) is 7.83. The fraction of sp³-hybridized carbons (Fsp3) is 0.933. The lowest BCUT2D eigenvalue weighted by Gasteiger charge is -2.31. The van der Waals surface area contributed by atoms with Gasteiger partial charge >= 0.3 is 0 Å². The van der Waals surface area contributed by atoms with E-state index >= 15 is 0 Å². The van der Waals surface area contributed by atoms with Gasteiger partial charge in [-0.2, -0.15) is 11.8 Å². The summed E-state index contributed by atoms with van der Waals surface area (Å²) in [7, 11) is 0. The molecule has 2 saturated heterocycles. The molecule has 2 heterocycles. The van der Waals surface area contributed by atoms with Gasteiger partial charge in [0.15, 0.2) is 5.96 Å². The Labute approximate surface area is 155 Å². The second-order valence-corrected chi connectivity index (χ2v) is 7.97. The van der Waals surface area contributed by atoms with E-state index in [9.17, 15) is 5.11 Å². The van der Waals surface area contributed by atoms with Crippen molar-refractivity contribution in [3.8, 4) is 0 Å². The molecule has 0 bridgehead atoms. The average molecular weight is 443 g/mol. The van der Waals surface area contributed by atoms with Crippen LogP contribution in [0.3, 0.4) is 0 Å². The zero-order chi connectivity index (χ0) is 15.2. The quantitative estimate of drug-likeness (QED) is 0.345. The summed E-state index contributed by atoms with van der Waals surface area (Å²) in [6.07, 6.45) is 3.90. The maximum atomic E-state index is 10.5. The molecule has 0 amide bonds. The van der Waals surface area contributed by atoms with Crippen LogP contribution < -0.4 is 10.6 Å². The highest BCUT2D eigenvalue weighted by Gasteiger charge is 2.31. The van der Waals surface area contributed by atoms with Gasteiger partial charge < -0.3 is 20.5 Å². The van der Waals surface area contributed by atoms with Gasteiger partial charge in [-0.15, -0.1) is 24.0 Å². The lowest BCUT2D eigenvalue weighted by Crippen LogP contribution is -2.45. The lowest BCUT2D eigenvalue weighted by molar-refractivity contribution is -0.0565. The van der Waals surface area contributed by atoms with Gasteiger partial charge in [0, 0.05) is 43.9 Å². The van der Waals surface area contributed by atoms with Gasteiger partial charge in [-0.1, -0.05) is 0 Å². The van der Waals surface area contributed by atoms with Crippen LogP contribution in [-0.2, 0) is 4.74 Å². The van der Waals surface area contributed by atoms with E-state index in [-0.39, 0.29) is 24.0 Å². The Bertz CT molecular complexity index is 357. The smallest absolute Gasteiger partial charge is 0.191 e. The van der Waals surface area contributed by atoms with Crippen molar-refractivity contribution in [1.82, 2.24) is 10.6 Å².